The second-order valence-electron chi connectivity index (χ2n) is 4.31. The van der Waals surface area contributed by atoms with Gasteiger partial charge in [0.25, 0.3) is 0 Å². The van der Waals surface area contributed by atoms with Gasteiger partial charge in [0.15, 0.2) is 0 Å². The first-order chi connectivity index (χ1) is 7.65. The highest BCUT2D eigenvalue weighted by Gasteiger charge is 2.42. The van der Waals surface area contributed by atoms with Gasteiger partial charge in [-0.1, -0.05) is 0 Å². The second kappa shape index (κ2) is 4.42. The van der Waals surface area contributed by atoms with Crippen molar-refractivity contribution in [2.75, 3.05) is 11.9 Å². The number of nitrogens with zero attached hydrogens (tertiary/aromatic N) is 1. The fraction of sp³-hybridized carbons (Fsp3) is 0.417. The van der Waals surface area contributed by atoms with E-state index < -0.39 is 0 Å². The van der Waals surface area contributed by atoms with E-state index in [0.29, 0.717) is 6.42 Å². The highest BCUT2D eigenvalue weighted by molar-refractivity contribution is 9.10. The zero-order valence-corrected chi connectivity index (χ0v) is 10.3. The number of nitrogens with one attached hydrogen (secondary N) is 1. The molecule has 0 heterocycles. The Balaban J connectivity index is 1.98. The third kappa shape index (κ3) is 2.53. The topological polar surface area (TPSA) is 35.8 Å². The number of hydrogen-bond donors (Lipinski definition) is 1. The lowest BCUT2D eigenvalue weighted by atomic mass is 10.0. The van der Waals surface area contributed by atoms with Gasteiger partial charge in [-0.3, -0.25) is 0 Å². The summed E-state index contributed by atoms with van der Waals surface area (Å²) in [6.45, 7) is 0.783. The van der Waals surface area contributed by atoms with Gasteiger partial charge in [0, 0.05) is 28.5 Å². The Hall–Kier alpha value is -1.08. The van der Waals surface area contributed by atoms with Crippen LogP contribution < -0.4 is 5.32 Å². The Kier molecular flexibility index (Phi) is 3.15. The van der Waals surface area contributed by atoms with Gasteiger partial charge in [-0.2, -0.15) is 5.26 Å². The minimum Gasteiger partial charge on any atom is -0.384 e. The molecule has 0 amide bonds. The molecule has 1 aliphatic carbocycles. The van der Waals surface area contributed by atoms with Gasteiger partial charge in [-0.15, -0.1) is 0 Å². The molecule has 0 atom stereocenters. The van der Waals surface area contributed by atoms with Crippen molar-refractivity contribution in [3.05, 3.63) is 28.5 Å². The van der Waals surface area contributed by atoms with Crippen LogP contribution in [0.3, 0.4) is 0 Å². The maximum atomic E-state index is 12.9. The van der Waals surface area contributed by atoms with Crippen LogP contribution in [0.5, 0.6) is 0 Å². The van der Waals surface area contributed by atoms with Crippen molar-refractivity contribution in [1.82, 2.24) is 0 Å². The zero-order chi connectivity index (χ0) is 11.6. The number of nitriles is 1. The average molecular weight is 283 g/mol. The summed E-state index contributed by atoms with van der Waals surface area (Å²) in [6, 6.07) is 6.79. The molecule has 16 heavy (non-hydrogen) atoms. The standard InChI is InChI=1S/C12H12BrFN2/c13-10-7-9(14)1-2-11(10)16-8-12(3-4-12)5-6-15/h1-2,7,16H,3-5,8H2. The fourth-order valence-corrected chi connectivity index (χ4v) is 2.17. The first-order valence-corrected chi connectivity index (χ1v) is 6.00. The molecular formula is C12H12BrFN2. The number of anilines is 1. The first-order valence-electron chi connectivity index (χ1n) is 5.21. The molecule has 1 saturated carbocycles. The fourth-order valence-electron chi connectivity index (χ4n) is 1.68. The Morgan fingerprint density at radius 3 is 2.81 bits per heavy atom. The number of rotatable bonds is 4. The Morgan fingerprint density at radius 2 is 2.25 bits per heavy atom. The van der Waals surface area contributed by atoms with E-state index in [1.165, 1.54) is 12.1 Å². The smallest absolute Gasteiger partial charge is 0.124 e. The Morgan fingerprint density at radius 1 is 1.50 bits per heavy atom. The summed E-state index contributed by atoms with van der Waals surface area (Å²) in [5.41, 5.74) is 1.04. The van der Waals surface area contributed by atoms with Crippen LogP contribution >= 0.6 is 15.9 Å². The lowest BCUT2D eigenvalue weighted by Crippen LogP contribution is -2.15. The first kappa shape index (κ1) is 11.4. The summed E-state index contributed by atoms with van der Waals surface area (Å²) in [6.07, 6.45) is 2.80. The van der Waals surface area contributed by atoms with Crippen LogP contribution in [0.15, 0.2) is 22.7 Å². The van der Waals surface area contributed by atoms with E-state index in [2.05, 4.69) is 27.3 Å². The number of halogens is 2. The lowest BCUT2D eigenvalue weighted by Gasteiger charge is -2.14. The highest BCUT2D eigenvalue weighted by atomic mass is 79.9. The minimum atomic E-state index is -0.254. The Labute approximate surface area is 103 Å². The molecule has 1 aliphatic rings. The maximum Gasteiger partial charge on any atom is 0.124 e. The van der Waals surface area contributed by atoms with E-state index in [0.717, 1.165) is 29.5 Å². The van der Waals surface area contributed by atoms with Crippen LogP contribution in [0.25, 0.3) is 0 Å². The molecule has 0 bridgehead atoms. The van der Waals surface area contributed by atoms with Crippen molar-refractivity contribution >= 4 is 21.6 Å². The average Bonchev–Trinajstić information content (AvgIpc) is 2.98. The van der Waals surface area contributed by atoms with Crippen molar-refractivity contribution in [2.45, 2.75) is 19.3 Å². The van der Waals surface area contributed by atoms with Gasteiger partial charge in [0.1, 0.15) is 5.82 Å². The molecule has 84 valence electrons. The molecule has 1 fully saturated rings. The third-order valence-electron chi connectivity index (χ3n) is 3.00. The maximum absolute atomic E-state index is 12.9. The third-order valence-corrected chi connectivity index (χ3v) is 3.65. The molecule has 2 rings (SSSR count). The van der Waals surface area contributed by atoms with Gasteiger partial charge in [0.05, 0.1) is 6.07 Å². The van der Waals surface area contributed by atoms with E-state index in [1.54, 1.807) is 6.07 Å². The predicted molar refractivity (Wildman–Crippen MR) is 64.5 cm³/mol. The molecule has 1 N–H and O–H groups in total. The Bertz CT molecular complexity index is 435. The molecule has 0 saturated heterocycles. The van der Waals surface area contributed by atoms with Crippen LogP contribution in [0.4, 0.5) is 10.1 Å². The summed E-state index contributed by atoms with van der Waals surface area (Å²) in [5.74, 6) is -0.254. The summed E-state index contributed by atoms with van der Waals surface area (Å²) in [5, 5.41) is 12.0. The summed E-state index contributed by atoms with van der Waals surface area (Å²) >= 11 is 3.31. The molecule has 0 aromatic heterocycles. The van der Waals surface area contributed by atoms with Gasteiger partial charge < -0.3 is 5.32 Å². The molecule has 0 unspecified atom stereocenters. The molecule has 2 nitrogen and oxygen atoms in total. The van der Waals surface area contributed by atoms with Gasteiger partial charge in [0.2, 0.25) is 0 Å². The van der Waals surface area contributed by atoms with Gasteiger partial charge in [-0.05, 0) is 47.0 Å². The monoisotopic (exact) mass is 282 g/mol. The van der Waals surface area contributed by atoms with E-state index in [-0.39, 0.29) is 11.2 Å². The van der Waals surface area contributed by atoms with E-state index in [1.807, 2.05) is 0 Å². The zero-order valence-electron chi connectivity index (χ0n) is 8.76. The van der Waals surface area contributed by atoms with Crippen LogP contribution in [-0.2, 0) is 0 Å². The highest BCUT2D eigenvalue weighted by Crippen LogP contribution is 2.48. The van der Waals surface area contributed by atoms with Gasteiger partial charge >= 0.3 is 0 Å². The molecule has 4 heteroatoms. The number of hydrogen-bond acceptors (Lipinski definition) is 2. The largest absolute Gasteiger partial charge is 0.384 e. The quantitative estimate of drug-likeness (QED) is 0.914. The van der Waals surface area contributed by atoms with Crippen molar-refractivity contribution in [2.24, 2.45) is 5.41 Å². The molecule has 1 aromatic carbocycles. The molecule has 0 aliphatic heterocycles. The second-order valence-corrected chi connectivity index (χ2v) is 5.17. The molecule has 1 aromatic rings. The molecular weight excluding hydrogens is 271 g/mol. The van der Waals surface area contributed by atoms with Crippen LogP contribution in [0.1, 0.15) is 19.3 Å². The predicted octanol–water partition coefficient (Wildman–Crippen LogP) is 3.69. The summed E-state index contributed by atoms with van der Waals surface area (Å²) in [7, 11) is 0. The number of benzene rings is 1. The van der Waals surface area contributed by atoms with Crippen molar-refractivity contribution in [1.29, 1.82) is 5.26 Å². The minimum absolute atomic E-state index is 0.155. The molecule has 0 spiro atoms. The lowest BCUT2D eigenvalue weighted by molar-refractivity contribution is 0.557. The summed E-state index contributed by atoms with van der Waals surface area (Å²) < 4.78 is 13.6. The van der Waals surface area contributed by atoms with Gasteiger partial charge in [-0.25, -0.2) is 4.39 Å². The van der Waals surface area contributed by atoms with Crippen LogP contribution in [0, 0.1) is 22.6 Å². The van der Waals surface area contributed by atoms with Crippen LogP contribution in [0.2, 0.25) is 0 Å². The normalized spacial score (nSPS) is 16.6. The van der Waals surface area contributed by atoms with Crippen molar-refractivity contribution in [3.8, 4) is 6.07 Å². The van der Waals surface area contributed by atoms with E-state index in [9.17, 15) is 4.39 Å². The summed E-state index contributed by atoms with van der Waals surface area (Å²) in [4.78, 5) is 0. The van der Waals surface area contributed by atoms with Crippen molar-refractivity contribution in [3.63, 3.8) is 0 Å². The SMILES string of the molecule is N#CCC1(CNc2ccc(F)cc2Br)CC1. The molecule has 0 radical (unpaired) electrons. The van der Waals surface area contributed by atoms with Crippen molar-refractivity contribution < 1.29 is 4.39 Å². The van der Waals surface area contributed by atoms with E-state index in [4.69, 9.17) is 5.26 Å². The van der Waals surface area contributed by atoms with Crippen LogP contribution in [-0.4, -0.2) is 6.54 Å². The van der Waals surface area contributed by atoms with E-state index >= 15 is 0 Å².